The highest BCUT2D eigenvalue weighted by Gasteiger charge is 2.10. The van der Waals surface area contributed by atoms with Gasteiger partial charge in [-0.3, -0.25) is 5.41 Å². The fraction of sp³-hybridized carbons (Fsp3) is 0.222. The van der Waals surface area contributed by atoms with Crippen LogP contribution >= 0.6 is 0 Å². The van der Waals surface area contributed by atoms with Crippen molar-refractivity contribution in [2.45, 2.75) is 6.42 Å². The number of hydrogen-bond donors (Lipinski definition) is 3. The van der Waals surface area contributed by atoms with Crippen LogP contribution in [0.2, 0.25) is 0 Å². The monoisotopic (exact) mass is 161 g/mol. The van der Waals surface area contributed by atoms with Gasteiger partial charge >= 0.3 is 0 Å². The predicted octanol–water partition coefficient (Wildman–Crippen LogP) is 0.939. The lowest BCUT2D eigenvalue weighted by atomic mass is 10.1. The lowest BCUT2D eigenvalue weighted by molar-refractivity contribution is 1.11. The molecular weight excluding hydrogens is 150 g/mol. The molecule has 12 heavy (non-hydrogen) atoms. The molecule has 0 amide bonds. The maximum absolute atomic E-state index is 7.25. The van der Waals surface area contributed by atoms with Gasteiger partial charge in [-0.05, 0) is 18.1 Å². The second-order valence-corrected chi connectivity index (χ2v) is 2.96. The quantitative estimate of drug-likeness (QED) is 0.424. The molecule has 0 bridgehead atoms. The average Bonchev–Trinajstić information content (AvgIpc) is 2.49. The summed E-state index contributed by atoms with van der Waals surface area (Å²) in [6, 6.07) is 5.87. The smallest absolute Gasteiger partial charge is 0.122 e. The first-order valence-electron chi connectivity index (χ1n) is 3.98. The van der Waals surface area contributed by atoms with E-state index in [1.54, 1.807) is 0 Å². The SMILES string of the molecule is N=C(N)c1ccc2c(c1)NCC2. The molecule has 1 heterocycles. The summed E-state index contributed by atoms with van der Waals surface area (Å²) in [5.74, 6) is 0.131. The van der Waals surface area contributed by atoms with Gasteiger partial charge in [-0.2, -0.15) is 0 Å². The summed E-state index contributed by atoms with van der Waals surface area (Å²) in [6.45, 7) is 0.997. The maximum Gasteiger partial charge on any atom is 0.122 e. The van der Waals surface area contributed by atoms with Crippen LogP contribution in [0.1, 0.15) is 11.1 Å². The summed E-state index contributed by atoms with van der Waals surface area (Å²) >= 11 is 0. The summed E-state index contributed by atoms with van der Waals surface area (Å²) in [7, 11) is 0. The molecule has 0 saturated heterocycles. The number of fused-ring (bicyclic) bond motifs is 1. The van der Waals surface area contributed by atoms with E-state index in [0.717, 1.165) is 24.2 Å². The van der Waals surface area contributed by atoms with Gasteiger partial charge in [-0.25, -0.2) is 0 Å². The molecule has 1 aliphatic rings. The minimum atomic E-state index is 0.131. The normalized spacial score (nSPS) is 13.7. The molecular formula is C9H11N3. The first-order valence-corrected chi connectivity index (χ1v) is 3.98. The van der Waals surface area contributed by atoms with E-state index in [1.807, 2.05) is 18.2 Å². The Morgan fingerprint density at radius 1 is 1.50 bits per heavy atom. The Kier molecular flexibility index (Phi) is 1.50. The molecule has 62 valence electrons. The Hall–Kier alpha value is -1.51. The van der Waals surface area contributed by atoms with E-state index in [9.17, 15) is 0 Å². The highest BCUT2D eigenvalue weighted by Crippen LogP contribution is 2.22. The van der Waals surface area contributed by atoms with E-state index in [4.69, 9.17) is 11.1 Å². The maximum atomic E-state index is 7.25. The summed E-state index contributed by atoms with van der Waals surface area (Å²) in [6.07, 6.45) is 1.08. The highest BCUT2D eigenvalue weighted by atomic mass is 14.9. The van der Waals surface area contributed by atoms with Crippen LogP contribution in [0.15, 0.2) is 18.2 Å². The van der Waals surface area contributed by atoms with Crippen LogP contribution in [0, 0.1) is 5.41 Å². The largest absolute Gasteiger partial charge is 0.384 e. The molecule has 2 rings (SSSR count). The number of nitrogen functional groups attached to an aromatic ring is 1. The van der Waals surface area contributed by atoms with Crippen molar-refractivity contribution in [1.29, 1.82) is 5.41 Å². The van der Waals surface area contributed by atoms with Crippen molar-refractivity contribution in [3.63, 3.8) is 0 Å². The Balaban J connectivity index is 2.45. The lowest BCUT2D eigenvalue weighted by Crippen LogP contribution is -2.10. The van der Waals surface area contributed by atoms with Gasteiger partial charge in [-0.1, -0.05) is 12.1 Å². The lowest BCUT2D eigenvalue weighted by Gasteiger charge is -2.02. The van der Waals surface area contributed by atoms with E-state index in [-0.39, 0.29) is 5.84 Å². The molecule has 1 aromatic rings. The van der Waals surface area contributed by atoms with E-state index in [0.29, 0.717) is 0 Å². The molecule has 0 fully saturated rings. The fourth-order valence-electron chi connectivity index (χ4n) is 1.46. The average molecular weight is 161 g/mol. The van der Waals surface area contributed by atoms with Crippen molar-refractivity contribution < 1.29 is 0 Å². The van der Waals surface area contributed by atoms with E-state index < -0.39 is 0 Å². The van der Waals surface area contributed by atoms with Crippen molar-refractivity contribution in [3.05, 3.63) is 29.3 Å². The summed E-state index contributed by atoms with van der Waals surface area (Å²) in [5.41, 5.74) is 8.60. The number of nitrogens with one attached hydrogen (secondary N) is 2. The van der Waals surface area contributed by atoms with Crippen LogP contribution in [0.25, 0.3) is 0 Å². The molecule has 4 N–H and O–H groups in total. The second-order valence-electron chi connectivity index (χ2n) is 2.96. The molecule has 1 aliphatic heterocycles. The second kappa shape index (κ2) is 2.52. The summed E-state index contributed by atoms with van der Waals surface area (Å²) in [5, 5.41) is 10.5. The van der Waals surface area contributed by atoms with Crippen LogP contribution in [-0.2, 0) is 6.42 Å². The van der Waals surface area contributed by atoms with Gasteiger partial charge in [0.1, 0.15) is 5.84 Å². The van der Waals surface area contributed by atoms with Crippen molar-refractivity contribution in [1.82, 2.24) is 0 Å². The zero-order valence-electron chi connectivity index (χ0n) is 6.72. The van der Waals surface area contributed by atoms with E-state index in [1.165, 1.54) is 5.56 Å². The van der Waals surface area contributed by atoms with Gasteiger partial charge in [0.15, 0.2) is 0 Å². The van der Waals surface area contributed by atoms with Gasteiger partial charge in [-0.15, -0.1) is 0 Å². The minimum absolute atomic E-state index is 0.131. The number of hydrogen-bond acceptors (Lipinski definition) is 2. The zero-order valence-corrected chi connectivity index (χ0v) is 6.72. The number of rotatable bonds is 1. The van der Waals surface area contributed by atoms with E-state index >= 15 is 0 Å². The standard InChI is InChI=1S/C9H11N3/c10-9(11)7-2-1-6-3-4-12-8(6)5-7/h1-2,5,12H,3-4H2,(H3,10,11). The predicted molar refractivity (Wildman–Crippen MR) is 49.7 cm³/mol. The first kappa shape index (κ1) is 7.16. The zero-order chi connectivity index (χ0) is 8.55. The third kappa shape index (κ3) is 1.03. The van der Waals surface area contributed by atoms with Gasteiger partial charge in [0.05, 0.1) is 0 Å². The summed E-state index contributed by atoms with van der Waals surface area (Å²) < 4.78 is 0. The van der Waals surface area contributed by atoms with Crippen molar-refractivity contribution in [3.8, 4) is 0 Å². The third-order valence-electron chi connectivity index (χ3n) is 2.13. The first-order chi connectivity index (χ1) is 5.77. The van der Waals surface area contributed by atoms with Crippen molar-refractivity contribution in [2.24, 2.45) is 5.73 Å². The van der Waals surface area contributed by atoms with Crippen LogP contribution in [-0.4, -0.2) is 12.4 Å². The molecule has 0 aliphatic carbocycles. The van der Waals surface area contributed by atoms with Crippen LogP contribution < -0.4 is 11.1 Å². The molecule has 0 aromatic heterocycles. The number of amidine groups is 1. The van der Waals surface area contributed by atoms with Crippen LogP contribution in [0.3, 0.4) is 0 Å². The highest BCUT2D eigenvalue weighted by molar-refractivity contribution is 5.96. The van der Waals surface area contributed by atoms with Gasteiger partial charge in [0.2, 0.25) is 0 Å². The molecule has 0 saturated carbocycles. The van der Waals surface area contributed by atoms with Crippen molar-refractivity contribution in [2.75, 3.05) is 11.9 Å². The van der Waals surface area contributed by atoms with Gasteiger partial charge < -0.3 is 11.1 Å². The van der Waals surface area contributed by atoms with E-state index in [2.05, 4.69) is 5.32 Å². The molecule has 3 nitrogen and oxygen atoms in total. The molecule has 1 aromatic carbocycles. The van der Waals surface area contributed by atoms with Crippen LogP contribution in [0.4, 0.5) is 5.69 Å². The molecule has 0 radical (unpaired) electrons. The van der Waals surface area contributed by atoms with Crippen LogP contribution in [0.5, 0.6) is 0 Å². The molecule has 0 unspecified atom stereocenters. The third-order valence-corrected chi connectivity index (χ3v) is 2.13. The Labute approximate surface area is 71.1 Å². The summed E-state index contributed by atoms with van der Waals surface area (Å²) in [4.78, 5) is 0. The Bertz CT molecular complexity index is 331. The van der Waals surface area contributed by atoms with Gasteiger partial charge in [0, 0.05) is 17.8 Å². The van der Waals surface area contributed by atoms with Gasteiger partial charge in [0.25, 0.3) is 0 Å². The fourth-order valence-corrected chi connectivity index (χ4v) is 1.46. The Morgan fingerprint density at radius 2 is 2.33 bits per heavy atom. The number of benzene rings is 1. The van der Waals surface area contributed by atoms with Crippen molar-refractivity contribution >= 4 is 11.5 Å². The molecule has 3 heteroatoms. The minimum Gasteiger partial charge on any atom is -0.384 e. The number of nitrogens with two attached hydrogens (primary N) is 1. The number of anilines is 1. The molecule has 0 atom stereocenters. The Morgan fingerprint density at radius 3 is 3.08 bits per heavy atom. The molecule has 0 spiro atoms. The topological polar surface area (TPSA) is 61.9 Å².